The predicted octanol–water partition coefficient (Wildman–Crippen LogP) is 0.804. The number of nitrogens with zero attached hydrogens (tertiary/aromatic N) is 1. The van der Waals surface area contributed by atoms with Crippen molar-refractivity contribution < 1.29 is 19.0 Å². The van der Waals surface area contributed by atoms with Gasteiger partial charge in [0.15, 0.2) is 6.10 Å². The molecule has 6 heteroatoms. The Labute approximate surface area is 116 Å². The van der Waals surface area contributed by atoms with E-state index in [9.17, 15) is 4.79 Å². The third kappa shape index (κ3) is 3.91. The van der Waals surface area contributed by atoms with Crippen molar-refractivity contribution in [2.75, 3.05) is 44.8 Å². The van der Waals surface area contributed by atoms with E-state index >= 15 is 0 Å². The first-order valence-corrected chi connectivity index (χ1v) is 7.59. The fourth-order valence-corrected chi connectivity index (χ4v) is 2.47. The number of ether oxygens (including phenoxy) is 3. The highest BCUT2D eigenvalue weighted by molar-refractivity contribution is 9.09. The minimum Gasteiger partial charge on any atom is -0.377 e. The van der Waals surface area contributed by atoms with Gasteiger partial charge in [0.1, 0.15) is 0 Å². The smallest absolute Gasteiger partial charge is 0.254 e. The molecule has 0 aromatic rings. The molecule has 18 heavy (non-hydrogen) atoms. The van der Waals surface area contributed by atoms with Gasteiger partial charge in [-0.2, -0.15) is 0 Å². The highest BCUT2D eigenvalue weighted by atomic mass is 79.9. The molecule has 2 heterocycles. The Kier molecular flexibility index (Phi) is 5.88. The Balaban J connectivity index is 1.73. The second-order valence-corrected chi connectivity index (χ2v) is 5.31. The number of likely N-dealkylation sites (tertiary alicyclic amines) is 1. The first kappa shape index (κ1) is 14.2. The zero-order valence-corrected chi connectivity index (χ0v) is 12.1. The van der Waals surface area contributed by atoms with Crippen molar-refractivity contribution >= 4 is 21.8 Å². The number of hydrogen-bond donors (Lipinski definition) is 0. The molecule has 0 saturated carbocycles. The maximum atomic E-state index is 12.1. The van der Waals surface area contributed by atoms with Gasteiger partial charge < -0.3 is 19.1 Å². The fourth-order valence-electron chi connectivity index (χ4n) is 2.29. The molecule has 2 saturated heterocycles. The Bertz CT molecular complexity index is 263. The predicted molar refractivity (Wildman–Crippen MR) is 69.9 cm³/mol. The van der Waals surface area contributed by atoms with Crippen LogP contribution in [0.1, 0.15) is 12.8 Å². The van der Waals surface area contributed by atoms with E-state index in [1.807, 2.05) is 4.90 Å². The van der Waals surface area contributed by atoms with Gasteiger partial charge >= 0.3 is 0 Å². The molecule has 0 aromatic heterocycles. The molecule has 1 amide bonds. The Morgan fingerprint density at radius 2 is 2.11 bits per heavy atom. The average Bonchev–Trinajstić information content (AvgIpc) is 2.46. The Morgan fingerprint density at radius 1 is 1.33 bits per heavy atom. The summed E-state index contributed by atoms with van der Waals surface area (Å²) < 4.78 is 16.4. The summed E-state index contributed by atoms with van der Waals surface area (Å²) in [5.41, 5.74) is 0. The molecule has 0 aromatic carbocycles. The minimum absolute atomic E-state index is 0.0636. The van der Waals surface area contributed by atoms with E-state index in [4.69, 9.17) is 14.2 Å². The standard InChI is InChI=1S/C12H20BrNO4/c13-3-6-17-10-1-4-14(5-2-10)12(15)11-9-16-7-8-18-11/h10-11H,1-9H2. The molecular formula is C12H20BrNO4. The summed E-state index contributed by atoms with van der Waals surface area (Å²) in [7, 11) is 0. The van der Waals surface area contributed by atoms with E-state index < -0.39 is 6.10 Å². The number of carbonyl (C=O) groups is 1. The largest absolute Gasteiger partial charge is 0.377 e. The SMILES string of the molecule is O=C(C1COCCO1)N1CCC(OCCBr)CC1. The molecule has 0 N–H and O–H groups in total. The number of halogens is 1. The van der Waals surface area contributed by atoms with E-state index in [0.29, 0.717) is 19.8 Å². The van der Waals surface area contributed by atoms with Crippen molar-refractivity contribution in [1.82, 2.24) is 4.90 Å². The molecule has 0 aliphatic carbocycles. The van der Waals surface area contributed by atoms with Crippen molar-refractivity contribution in [2.45, 2.75) is 25.0 Å². The van der Waals surface area contributed by atoms with E-state index in [0.717, 1.165) is 37.9 Å². The van der Waals surface area contributed by atoms with Gasteiger partial charge in [-0.25, -0.2) is 0 Å². The van der Waals surface area contributed by atoms with Crippen LogP contribution in [0.15, 0.2) is 0 Å². The van der Waals surface area contributed by atoms with Crippen LogP contribution in [0.25, 0.3) is 0 Å². The molecule has 2 rings (SSSR count). The van der Waals surface area contributed by atoms with Gasteiger partial charge in [-0.1, -0.05) is 15.9 Å². The minimum atomic E-state index is -0.404. The van der Waals surface area contributed by atoms with Gasteiger partial charge in [0.05, 0.1) is 32.5 Å². The molecule has 2 aliphatic heterocycles. The lowest BCUT2D eigenvalue weighted by molar-refractivity contribution is -0.160. The molecule has 0 bridgehead atoms. The normalized spacial score (nSPS) is 26.3. The summed E-state index contributed by atoms with van der Waals surface area (Å²) in [5.74, 6) is 0.0636. The number of amides is 1. The van der Waals surface area contributed by atoms with Gasteiger partial charge in [0.25, 0.3) is 5.91 Å². The van der Waals surface area contributed by atoms with Crippen LogP contribution in [0.4, 0.5) is 0 Å². The zero-order valence-electron chi connectivity index (χ0n) is 10.5. The van der Waals surface area contributed by atoms with Crippen LogP contribution in [-0.4, -0.2) is 67.9 Å². The summed E-state index contributed by atoms with van der Waals surface area (Å²) in [6.07, 6.45) is 1.70. The molecular weight excluding hydrogens is 302 g/mol. The number of carbonyl (C=O) groups excluding carboxylic acids is 1. The average molecular weight is 322 g/mol. The van der Waals surface area contributed by atoms with E-state index in [1.54, 1.807) is 0 Å². The molecule has 0 radical (unpaired) electrons. The second-order valence-electron chi connectivity index (χ2n) is 4.52. The van der Waals surface area contributed by atoms with Gasteiger partial charge in [-0.15, -0.1) is 0 Å². The summed E-state index contributed by atoms with van der Waals surface area (Å²) in [6, 6.07) is 0. The second kappa shape index (κ2) is 7.43. The first-order chi connectivity index (χ1) is 8.81. The Morgan fingerprint density at radius 3 is 2.72 bits per heavy atom. The van der Waals surface area contributed by atoms with Gasteiger partial charge in [-0.05, 0) is 12.8 Å². The first-order valence-electron chi connectivity index (χ1n) is 6.47. The molecule has 2 fully saturated rings. The van der Waals surface area contributed by atoms with E-state index in [-0.39, 0.29) is 12.0 Å². The van der Waals surface area contributed by atoms with Gasteiger partial charge in [-0.3, -0.25) is 4.79 Å². The van der Waals surface area contributed by atoms with Crippen molar-refractivity contribution in [3.8, 4) is 0 Å². The van der Waals surface area contributed by atoms with Crippen LogP contribution in [-0.2, 0) is 19.0 Å². The maximum Gasteiger partial charge on any atom is 0.254 e. The van der Waals surface area contributed by atoms with Gasteiger partial charge in [0, 0.05) is 18.4 Å². The van der Waals surface area contributed by atoms with E-state index in [2.05, 4.69) is 15.9 Å². The molecule has 0 spiro atoms. The number of alkyl halides is 1. The molecule has 1 unspecified atom stereocenters. The monoisotopic (exact) mass is 321 g/mol. The fraction of sp³-hybridized carbons (Fsp3) is 0.917. The molecule has 2 aliphatic rings. The highest BCUT2D eigenvalue weighted by Crippen LogP contribution is 2.16. The van der Waals surface area contributed by atoms with Crippen molar-refractivity contribution in [1.29, 1.82) is 0 Å². The van der Waals surface area contributed by atoms with E-state index in [1.165, 1.54) is 0 Å². The maximum absolute atomic E-state index is 12.1. The summed E-state index contributed by atoms with van der Waals surface area (Å²) in [6.45, 7) is 3.74. The lowest BCUT2D eigenvalue weighted by Gasteiger charge is -2.34. The molecule has 1 atom stereocenters. The van der Waals surface area contributed by atoms with Crippen LogP contribution >= 0.6 is 15.9 Å². The van der Waals surface area contributed by atoms with Crippen LogP contribution in [0.5, 0.6) is 0 Å². The van der Waals surface area contributed by atoms with Gasteiger partial charge in [0.2, 0.25) is 0 Å². The number of piperidine rings is 1. The molecule has 104 valence electrons. The summed E-state index contributed by atoms with van der Waals surface area (Å²) in [5, 5.41) is 0.861. The summed E-state index contributed by atoms with van der Waals surface area (Å²) >= 11 is 3.34. The summed E-state index contributed by atoms with van der Waals surface area (Å²) in [4.78, 5) is 14.0. The van der Waals surface area contributed by atoms with Crippen molar-refractivity contribution in [3.05, 3.63) is 0 Å². The highest BCUT2D eigenvalue weighted by Gasteiger charge is 2.30. The zero-order chi connectivity index (χ0) is 12.8. The van der Waals surface area contributed by atoms with Crippen molar-refractivity contribution in [2.24, 2.45) is 0 Å². The Hall–Kier alpha value is -0.170. The number of rotatable bonds is 4. The van der Waals surface area contributed by atoms with Crippen LogP contribution in [0, 0.1) is 0 Å². The lowest BCUT2D eigenvalue weighted by Crippen LogP contribution is -2.49. The van der Waals surface area contributed by atoms with Crippen molar-refractivity contribution in [3.63, 3.8) is 0 Å². The van der Waals surface area contributed by atoms with Crippen LogP contribution < -0.4 is 0 Å². The van der Waals surface area contributed by atoms with Crippen LogP contribution in [0.3, 0.4) is 0 Å². The third-order valence-corrected chi connectivity index (χ3v) is 3.60. The quantitative estimate of drug-likeness (QED) is 0.719. The molecule has 5 nitrogen and oxygen atoms in total. The number of hydrogen-bond acceptors (Lipinski definition) is 4. The third-order valence-electron chi connectivity index (χ3n) is 3.28. The lowest BCUT2D eigenvalue weighted by atomic mass is 10.1. The van der Waals surface area contributed by atoms with Crippen LogP contribution in [0.2, 0.25) is 0 Å². The topological polar surface area (TPSA) is 48.0 Å².